The van der Waals surface area contributed by atoms with E-state index in [9.17, 15) is 14.3 Å². The van der Waals surface area contributed by atoms with Gasteiger partial charge in [-0.25, -0.2) is 4.57 Å². The van der Waals surface area contributed by atoms with E-state index in [4.69, 9.17) is 24.3 Å². The minimum Gasteiger partial charge on any atom is -0.457 e. The minimum atomic E-state index is -4.28. The van der Waals surface area contributed by atoms with Crippen LogP contribution in [0.5, 0.6) is 0 Å². The molecule has 0 bridgehead atoms. The molecule has 8 nitrogen and oxygen atoms in total. The van der Waals surface area contributed by atoms with Crippen LogP contribution in [0.2, 0.25) is 0 Å². The monoisotopic (exact) mass is 844 g/mol. The summed E-state index contributed by atoms with van der Waals surface area (Å²) in [6.45, 7) is 4.98. The summed E-state index contributed by atoms with van der Waals surface area (Å²) in [6.07, 6.45) is 52.4. The molecule has 346 valence electrons. The van der Waals surface area contributed by atoms with E-state index in [0.29, 0.717) is 13.0 Å². The Kier molecular flexibility index (Phi) is 46.7. The van der Waals surface area contributed by atoms with Crippen LogP contribution in [-0.2, 0) is 27.9 Å². The number of allylic oxidation sites excluding steroid dienone is 2. The number of hydrogen-bond donors (Lipinski definition) is 2. The molecule has 9 heteroatoms. The number of esters is 1. The number of rotatable bonds is 49. The van der Waals surface area contributed by atoms with E-state index in [1.54, 1.807) is 0 Å². The maximum atomic E-state index is 12.6. The third-order valence-electron chi connectivity index (χ3n) is 11.2. The fraction of sp³-hybridized carbons (Fsp3) is 0.939. The molecule has 2 atom stereocenters. The molecule has 0 aliphatic heterocycles. The van der Waals surface area contributed by atoms with Gasteiger partial charge in [0.15, 0.2) is 0 Å². The quantitative estimate of drug-likeness (QED) is 0.0269. The zero-order chi connectivity index (χ0) is 42.3. The van der Waals surface area contributed by atoms with Crippen LogP contribution in [0.4, 0.5) is 0 Å². The lowest BCUT2D eigenvalue weighted by Crippen LogP contribution is -2.28. The minimum absolute atomic E-state index is 0.0921. The highest BCUT2D eigenvalue weighted by Gasteiger charge is 2.25. The normalized spacial score (nSPS) is 13.4. The van der Waals surface area contributed by atoms with Crippen LogP contribution in [0.15, 0.2) is 12.2 Å². The van der Waals surface area contributed by atoms with Crippen molar-refractivity contribution < 1.29 is 32.8 Å². The highest BCUT2D eigenvalue weighted by atomic mass is 31.2. The zero-order valence-corrected chi connectivity index (χ0v) is 39.5. The first-order chi connectivity index (χ1) is 28.4. The number of phosphoric acid groups is 1. The lowest BCUT2D eigenvalue weighted by molar-refractivity contribution is -0.154. The number of carbonyl (C=O) groups is 1. The fourth-order valence-corrected chi connectivity index (χ4v) is 8.23. The van der Waals surface area contributed by atoms with Crippen molar-refractivity contribution in [3.63, 3.8) is 0 Å². The molecule has 2 unspecified atom stereocenters. The molecule has 0 heterocycles. The third kappa shape index (κ3) is 46.3. The molecule has 0 saturated carbocycles. The topological polar surface area (TPSA) is 117 Å². The van der Waals surface area contributed by atoms with Crippen LogP contribution >= 0.6 is 7.82 Å². The molecule has 3 N–H and O–H groups in total. The number of ether oxygens (including phenoxy) is 2. The van der Waals surface area contributed by atoms with Crippen molar-refractivity contribution >= 4 is 13.8 Å². The molecule has 58 heavy (non-hydrogen) atoms. The van der Waals surface area contributed by atoms with E-state index in [0.717, 1.165) is 32.1 Å². The van der Waals surface area contributed by atoms with Crippen LogP contribution in [0.1, 0.15) is 258 Å². The van der Waals surface area contributed by atoms with Crippen LogP contribution in [-0.4, -0.2) is 49.9 Å². The number of phosphoric ester groups is 1. The summed E-state index contributed by atoms with van der Waals surface area (Å²) >= 11 is 0. The Morgan fingerprint density at radius 1 is 0.500 bits per heavy atom. The third-order valence-corrected chi connectivity index (χ3v) is 12.2. The van der Waals surface area contributed by atoms with Gasteiger partial charge < -0.3 is 20.1 Å². The van der Waals surface area contributed by atoms with Crippen LogP contribution in [0, 0.1) is 0 Å². The van der Waals surface area contributed by atoms with Gasteiger partial charge in [-0.15, -0.1) is 0 Å². The molecule has 0 aromatic carbocycles. The first-order valence-corrected chi connectivity index (χ1v) is 26.7. The smallest absolute Gasteiger partial charge is 0.457 e. The van der Waals surface area contributed by atoms with Gasteiger partial charge in [-0.05, 0) is 38.5 Å². The average Bonchev–Trinajstić information content (AvgIpc) is 3.21. The van der Waals surface area contributed by atoms with Crippen LogP contribution < -0.4 is 5.73 Å². The van der Waals surface area contributed by atoms with Gasteiger partial charge in [0.25, 0.3) is 0 Å². The summed E-state index contributed by atoms with van der Waals surface area (Å²) in [5.74, 6) is -0.326. The Hall–Kier alpha value is -0.760. The highest BCUT2D eigenvalue weighted by Crippen LogP contribution is 2.43. The molecule has 0 aromatic heterocycles. The second kappa shape index (κ2) is 47.3. The second-order valence-electron chi connectivity index (χ2n) is 17.0. The van der Waals surface area contributed by atoms with Gasteiger partial charge in [-0.3, -0.25) is 13.8 Å². The Morgan fingerprint density at radius 2 is 0.862 bits per heavy atom. The molecule has 0 spiro atoms. The van der Waals surface area contributed by atoms with Crippen molar-refractivity contribution in [2.24, 2.45) is 5.73 Å². The van der Waals surface area contributed by atoms with Gasteiger partial charge in [0, 0.05) is 19.6 Å². The first kappa shape index (κ1) is 57.2. The van der Waals surface area contributed by atoms with Crippen molar-refractivity contribution in [1.82, 2.24) is 0 Å². The molecule has 0 saturated heterocycles. The Balaban J connectivity index is 3.91. The largest absolute Gasteiger partial charge is 0.472 e. The summed E-state index contributed by atoms with van der Waals surface area (Å²) < 4.78 is 33.6. The first-order valence-electron chi connectivity index (χ1n) is 25.2. The number of hydrogen-bond acceptors (Lipinski definition) is 7. The molecule has 0 amide bonds. The lowest BCUT2D eigenvalue weighted by Gasteiger charge is -2.20. The van der Waals surface area contributed by atoms with E-state index in [2.05, 4.69) is 26.0 Å². The maximum Gasteiger partial charge on any atom is 0.472 e. The lowest BCUT2D eigenvalue weighted by atomic mass is 10.0. The highest BCUT2D eigenvalue weighted by molar-refractivity contribution is 7.47. The fourth-order valence-electron chi connectivity index (χ4n) is 7.46. The Morgan fingerprint density at radius 3 is 1.26 bits per heavy atom. The number of nitrogens with two attached hydrogens (primary N) is 1. The van der Waals surface area contributed by atoms with Gasteiger partial charge in [-0.2, -0.15) is 0 Å². The Bertz CT molecular complexity index is 904. The summed E-state index contributed by atoms with van der Waals surface area (Å²) in [6, 6.07) is 0. The number of unbranched alkanes of at least 4 members (excludes halogenated alkanes) is 34. The van der Waals surface area contributed by atoms with Crippen LogP contribution in [0.3, 0.4) is 0 Å². The number of carbonyl (C=O) groups excluding carboxylic acids is 1. The van der Waals surface area contributed by atoms with Gasteiger partial charge in [-0.1, -0.05) is 225 Å². The van der Waals surface area contributed by atoms with Gasteiger partial charge in [0.2, 0.25) is 0 Å². The second-order valence-corrected chi connectivity index (χ2v) is 18.5. The Labute approximate surface area is 360 Å². The van der Waals surface area contributed by atoms with E-state index in [1.807, 2.05) is 0 Å². The SMILES string of the molecule is CCCCCCCC/C=C\CCCCCCCCCCCC(=O)OC(COCCCCCCCCCCCCCCCCCCCCCC)COP(=O)(O)OCCN. The van der Waals surface area contributed by atoms with Crippen molar-refractivity contribution in [1.29, 1.82) is 0 Å². The summed E-state index contributed by atoms with van der Waals surface area (Å²) in [5, 5.41) is 0. The molecular weight excluding hydrogens is 746 g/mol. The summed E-state index contributed by atoms with van der Waals surface area (Å²) in [7, 11) is -4.28. The predicted molar refractivity (Wildman–Crippen MR) is 247 cm³/mol. The standard InChI is InChI=1S/C49H98NO7P/c1-3-5-7-9-11-13-15-17-19-21-23-25-27-29-31-33-35-37-39-41-44-54-46-48(47-56-58(52,53)55-45-43-50)57-49(51)42-40-38-36-34-32-30-28-26-24-22-20-18-16-14-12-10-8-6-4-2/h18,20,48H,3-17,19,21-47,50H2,1-2H3,(H,52,53)/b20-18-. The van der Waals surface area contributed by atoms with E-state index in [1.165, 1.54) is 205 Å². The van der Waals surface area contributed by atoms with E-state index >= 15 is 0 Å². The molecule has 0 aliphatic rings. The van der Waals surface area contributed by atoms with Gasteiger partial charge in [0.1, 0.15) is 6.10 Å². The zero-order valence-electron chi connectivity index (χ0n) is 38.6. The molecule has 0 fully saturated rings. The van der Waals surface area contributed by atoms with E-state index in [-0.39, 0.29) is 32.3 Å². The molecular formula is C49H98NO7P. The maximum absolute atomic E-state index is 12.6. The van der Waals surface area contributed by atoms with Crippen molar-refractivity contribution in [2.75, 3.05) is 33.0 Å². The average molecular weight is 844 g/mol. The van der Waals surface area contributed by atoms with Crippen molar-refractivity contribution in [3.8, 4) is 0 Å². The van der Waals surface area contributed by atoms with Crippen LogP contribution in [0.25, 0.3) is 0 Å². The molecule has 0 rings (SSSR count). The van der Waals surface area contributed by atoms with Crippen molar-refractivity contribution in [2.45, 2.75) is 264 Å². The molecule has 0 aromatic rings. The van der Waals surface area contributed by atoms with E-state index < -0.39 is 13.9 Å². The molecule has 0 radical (unpaired) electrons. The van der Waals surface area contributed by atoms with Gasteiger partial charge in [0.05, 0.1) is 19.8 Å². The summed E-state index contributed by atoms with van der Waals surface area (Å²) in [4.78, 5) is 22.6. The predicted octanol–water partition coefficient (Wildman–Crippen LogP) is 15.4. The molecule has 0 aliphatic carbocycles. The van der Waals surface area contributed by atoms with Gasteiger partial charge >= 0.3 is 13.8 Å². The van der Waals surface area contributed by atoms with Crippen molar-refractivity contribution in [3.05, 3.63) is 12.2 Å². The summed E-state index contributed by atoms with van der Waals surface area (Å²) in [5.41, 5.74) is 5.39.